The molecule has 6 nitrogen and oxygen atoms in total. The van der Waals surface area contributed by atoms with Crippen molar-refractivity contribution in [3.63, 3.8) is 0 Å². The van der Waals surface area contributed by atoms with Gasteiger partial charge in [0.25, 0.3) is 0 Å². The van der Waals surface area contributed by atoms with E-state index >= 15 is 0 Å². The van der Waals surface area contributed by atoms with Crippen LogP contribution in [0.1, 0.15) is 16.8 Å². The second-order valence-corrected chi connectivity index (χ2v) is 6.55. The van der Waals surface area contributed by atoms with E-state index in [0.29, 0.717) is 41.6 Å². The number of carbonyl (C=O) groups excluding carboxylic acids is 2. The van der Waals surface area contributed by atoms with Gasteiger partial charge in [-0.05, 0) is 42.8 Å². The van der Waals surface area contributed by atoms with E-state index in [1.807, 2.05) is 6.07 Å². The van der Waals surface area contributed by atoms with Gasteiger partial charge in [-0.3, -0.25) is 0 Å². The van der Waals surface area contributed by atoms with Gasteiger partial charge in [0, 0.05) is 16.7 Å². The molecule has 2 N–H and O–H groups in total. The number of nitrogens with one attached hydrogen (secondary N) is 2. The number of amides is 2. The van der Waals surface area contributed by atoms with Crippen LogP contribution in [0.15, 0.2) is 46.9 Å². The number of rotatable bonds is 7. The predicted octanol–water partition coefficient (Wildman–Crippen LogP) is 4.48. The van der Waals surface area contributed by atoms with E-state index in [-0.39, 0.29) is 6.03 Å². The van der Waals surface area contributed by atoms with Gasteiger partial charge in [0.1, 0.15) is 5.75 Å². The monoisotopic (exact) mass is 440 g/mol. The number of esters is 1. The fourth-order valence-electron chi connectivity index (χ4n) is 2.07. The molecule has 2 amide bonds. The maximum absolute atomic E-state index is 11.9. The van der Waals surface area contributed by atoms with Crippen molar-refractivity contribution < 1.29 is 19.1 Å². The molecule has 0 radical (unpaired) electrons. The third-order valence-corrected chi connectivity index (χ3v) is 4.09. The highest BCUT2D eigenvalue weighted by molar-refractivity contribution is 9.10. The molecule has 0 saturated heterocycles. The number of halogens is 2. The summed E-state index contributed by atoms with van der Waals surface area (Å²) in [5.74, 6) is 0.136. The number of urea groups is 1. The van der Waals surface area contributed by atoms with Gasteiger partial charge in [-0.25, -0.2) is 9.59 Å². The zero-order valence-corrected chi connectivity index (χ0v) is 16.4. The summed E-state index contributed by atoms with van der Waals surface area (Å²) in [5.41, 5.74) is 0.869. The molecule has 0 spiro atoms. The molecule has 8 heteroatoms. The number of ether oxygens (including phenoxy) is 2. The van der Waals surface area contributed by atoms with Crippen LogP contribution in [0.3, 0.4) is 0 Å². The lowest BCUT2D eigenvalue weighted by Gasteiger charge is -2.10. The van der Waals surface area contributed by atoms with E-state index in [1.165, 1.54) is 7.11 Å². The van der Waals surface area contributed by atoms with Gasteiger partial charge in [0.2, 0.25) is 0 Å². The molecule has 0 unspecified atom stereocenters. The lowest BCUT2D eigenvalue weighted by molar-refractivity contribution is 0.0600. The number of benzene rings is 2. The Morgan fingerprint density at radius 2 is 2.00 bits per heavy atom. The third kappa shape index (κ3) is 6.24. The second-order valence-electron chi connectivity index (χ2n) is 5.23. The van der Waals surface area contributed by atoms with Gasteiger partial charge in [-0.1, -0.05) is 33.6 Å². The summed E-state index contributed by atoms with van der Waals surface area (Å²) in [4.78, 5) is 23.4. The highest BCUT2D eigenvalue weighted by Crippen LogP contribution is 2.27. The molecule has 0 aliphatic rings. The van der Waals surface area contributed by atoms with E-state index in [1.54, 1.807) is 36.4 Å². The summed E-state index contributed by atoms with van der Waals surface area (Å²) in [5, 5.41) is 5.90. The first-order chi connectivity index (χ1) is 12.5. The largest absolute Gasteiger partial charge is 0.492 e. The van der Waals surface area contributed by atoms with Crippen LogP contribution >= 0.6 is 27.5 Å². The predicted molar refractivity (Wildman–Crippen MR) is 104 cm³/mol. The quantitative estimate of drug-likeness (QED) is 0.491. The van der Waals surface area contributed by atoms with Gasteiger partial charge in [-0.15, -0.1) is 0 Å². The zero-order chi connectivity index (χ0) is 18.9. The summed E-state index contributed by atoms with van der Waals surface area (Å²) < 4.78 is 11.1. The summed E-state index contributed by atoms with van der Waals surface area (Å²) in [6.07, 6.45) is 0.613. The van der Waals surface area contributed by atoms with Crippen molar-refractivity contribution in [3.05, 3.63) is 57.5 Å². The van der Waals surface area contributed by atoms with Crippen molar-refractivity contribution in [2.45, 2.75) is 6.42 Å². The molecule has 0 heterocycles. The Hall–Kier alpha value is -2.25. The van der Waals surface area contributed by atoms with Crippen molar-refractivity contribution in [2.75, 3.05) is 25.6 Å². The zero-order valence-electron chi connectivity index (χ0n) is 14.1. The number of hydrogen-bond acceptors (Lipinski definition) is 4. The number of carbonyl (C=O) groups is 2. The van der Waals surface area contributed by atoms with Crippen molar-refractivity contribution in [1.82, 2.24) is 5.32 Å². The number of hydrogen-bond donors (Lipinski definition) is 2. The third-order valence-electron chi connectivity index (χ3n) is 3.30. The lowest BCUT2D eigenvalue weighted by atomic mass is 10.2. The van der Waals surface area contributed by atoms with Gasteiger partial charge >= 0.3 is 12.0 Å². The highest BCUT2D eigenvalue weighted by atomic mass is 79.9. The molecule has 138 valence electrons. The first-order valence-electron chi connectivity index (χ1n) is 7.80. The Morgan fingerprint density at radius 1 is 1.19 bits per heavy atom. The molecule has 0 aliphatic heterocycles. The molecule has 2 rings (SSSR count). The molecule has 0 aromatic heterocycles. The van der Waals surface area contributed by atoms with Gasteiger partial charge in [0.15, 0.2) is 0 Å². The van der Waals surface area contributed by atoms with E-state index in [2.05, 4.69) is 31.3 Å². The van der Waals surface area contributed by atoms with E-state index in [9.17, 15) is 9.59 Å². The van der Waals surface area contributed by atoms with Crippen LogP contribution in [0.5, 0.6) is 5.75 Å². The summed E-state index contributed by atoms with van der Waals surface area (Å²) in [7, 11) is 1.30. The minimum atomic E-state index is -0.460. The first kappa shape index (κ1) is 20.1. The maximum atomic E-state index is 11.9. The Morgan fingerprint density at radius 3 is 2.73 bits per heavy atom. The van der Waals surface area contributed by atoms with Crippen molar-refractivity contribution in [2.24, 2.45) is 0 Å². The normalized spacial score (nSPS) is 10.1. The Balaban J connectivity index is 1.71. The number of methoxy groups -OCH3 is 1. The lowest BCUT2D eigenvalue weighted by Crippen LogP contribution is -2.30. The molecule has 0 bridgehead atoms. The van der Waals surface area contributed by atoms with Crippen LogP contribution < -0.4 is 15.4 Å². The smallest absolute Gasteiger partial charge is 0.337 e. The Labute approximate surface area is 164 Å². The van der Waals surface area contributed by atoms with E-state index < -0.39 is 5.97 Å². The fraction of sp³-hybridized carbons (Fsp3) is 0.222. The SMILES string of the molecule is COC(=O)c1cccc(NC(=O)NCCCOc2ccc(Br)cc2Cl)c1. The van der Waals surface area contributed by atoms with Crippen LogP contribution in [0.2, 0.25) is 5.02 Å². The maximum Gasteiger partial charge on any atom is 0.337 e. The highest BCUT2D eigenvalue weighted by Gasteiger charge is 2.07. The topological polar surface area (TPSA) is 76.7 Å². The molecule has 0 fully saturated rings. The minimum Gasteiger partial charge on any atom is -0.492 e. The minimum absolute atomic E-state index is 0.366. The van der Waals surface area contributed by atoms with E-state index in [0.717, 1.165) is 4.47 Å². The molecule has 0 aliphatic carbocycles. The summed E-state index contributed by atoms with van der Waals surface area (Å²) in [6, 6.07) is 11.5. The Kier molecular flexibility index (Phi) is 7.74. The van der Waals surface area contributed by atoms with Crippen LogP contribution in [-0.2, 0) is 4.74 Å². The summed E-state index contributed by atoms with van der Waals surface area (Å²) >= 11 is 9.39. The molecule has 0 saturated carbocycles. The molecule has 2 aromatic rings. The van der Waals surface area contributed by atoms with Crippen LogP contribution in [0.4, 0.5) is 10.5 Å². The fourth-order valence-corrected chi connectivity index (χ4v) is 2.79. The summed E-state index contributed by atoms with van der Waals surface area (Å²) in [6.45, 7) is 0.843. The van der Waals surface area contributed by atoms with Crippen molar-refractivity contribution in [1.29, 1.82) is 0 Å². The van der Waals surface area contributed by atoms with Crippen LogP contribution in [-0.4, -0.2) is 32.3 Å². The molecule has 26 heavy (non-hydrogen) atoms. The van der Waals surface area contributed by atoms with Crippen LogP contribution in [0, 0.1) is 0 Å². The standard InChI is InChI=1S/C18H18BrClN2O4/c1-25-17(23)12-4-2-5-14(10-12)22-18(24)21-8-3-9-26-16-7-6-13(19)11-15(16)20/h2,4-7,10-11H,3,8-9H2,1H3,(H2,21,22,24). The van der Waals surface area contributed by atoms with E-state index in [4.69, 9.17) is 16.3 Å². The van der Waals surface area contributed by atoms with Crippen molar-refractivity contribution >= 4 is 45.2 Å². The Bertz CT molecular complexity index is 786. The first-order valence-corrected chi connectivity index (χ1v) is 8.98. The molecular weight excluding hydrogens is 424 g/mol. The van der Waals surface area contributed by atoms with Gasteiger partial charge in [0.05, 0.1) is 24.3 Å². The number of anilines is 1. The van der Waals surface area contributed by atoms with Crippen LogP contribution in [0.25, 0.3) is 0 Å². The van der Waals surface area contributed by atoms with Gasteiger partial charge in [-0.2, -0.15) is 0 Å². The van der Waals surface area contributed by atoms with Gasteiger partial charge < -0.3 is 20.1 Å². The molecular formula is C18H18BrClN2O4. The average molecular weight is 442 g/mol. The van der Waals surface area contributed by atoms with Crippen molar-refractivity contribution in [3.8, 4) is 5.75 Å². The molecule has 2 aromatic carbocycles. The molecule has 0 atom stereocenters. The second kappa shape index (κ2) is 10.0. The average Bonchev–Trinajstić information content (AvgIpc) is 2.62.